The fourth-order valence-corrected chi connectivity index (χ4v) is 3.14. The van der Waals surface area contributed by atoms with Gasteiger partial charge in [-0.25, -0.2) is 14.4 Å². The van der Waals surface area contributed by atoms with E-state index in [-0.39, 0.29) is 11.7 Å². The Bertz CT molecular complexity index is 621. The lowest BCUT2D eigenvalue weighted by Gasteiger charge is -2.13. The number of benzene rings is 1. The van der Waals surface area contributed by atoms with E-state index in [1.54, 1.807) is 0 Å². The average Bonchev–Trinajstić information content (AvgIpc) is 2.37. The lowest BCUT2D eigenvalue weighted by atomic mass is 10.1. The Labute approximate surface area is 132 Å². The number of aryl methyl sites for hydroxylation is 1. The van der Waals surface area contributed by atoms with Gasteiger partial charge in [-0.3, -0.25) is 0 Å². The zero-order valence-corrected chi connectivity index (χ0v) is 14.1. The van der Waals surface area contributed by atoms with E-state index in [0.29, 0.717) is 11.4 Å². The van der Waals surface area contributed by atoms with Gasteiger partial charge in [-0.2, -0.15) is 0 Å². The van der Waals surface area contributed by atoms with E-state index in [0.717, 1.165) is 20.6 Å². The van der Waals surface area contributed by atoms with Crippen LogP contribution in [-0.2, 0) is 0 Å². The number of rotatable bonds is 3. The van der Waals surface area contributed by atoms with E-state index in [4.69, 9.17) is 0 Å². The molecule has 0 spiro atoms. The summed E-state index contributed by atoms with van der Waals surface area (Å²) in [6.07, 6.45) is 0. The first-order chi connectivity index (χ1) is 9.42. The predicted octanol–water partition coefficient (Wildman–Crippen LogP) is 4.36. The molecule has 0 aliphatic carbocycles. The molecule has 0 atom stereocenters. The second kappa shape index (κ2) is 6.03. The van der Waals surface area contributed by atoms with Gasteiger partial charge in [0.2, 0.25) is 0 Å². The van der Waals surface area contributed by atoms with Crippen molar-refractivity contribution in [2.45, 2.75) is 26.7 Å². The van der Waals surface area contributed by atoms with Crippen LogP contribution >= 0.6 is 22.6 Å². The van der Waals surface area contributed by atoms with E-state index in [1.807, 2.05) is 20.0 Å². The Balaban J connectivity index is 2.64. The fraction of sp³-hybridized carbons (Fsp3) is 0.333. The van der Waals surface area contributed by atoms with Gasteiger partial charge in [0.1, 0.15) is 11.6 Å². The first-order valence-electron chi connectivity index (χ1n) is 6.45. The SMILES string of the molecule is CNc1nc(-c2cc(C)cc(F)c2)nc(C(C)C)c1I. The van der Waals surface area contributed by atoms with Gasteiger partial charge in [0.25, 0.3) is 0 Å². The van der Waals surface area contributed by atoms with Gasteiger partial charge >= 0.3 is 0 Å². The number of nitrogens with zero attached hydrogens (tertiary/aromatic N) is 2. The minimum absolute atomic E-state index is 0.265. The molecule has 2 aromatic rings. The third-order valence-electron chi connectivity index (χ3n) is 2.96. The van der Waals surface area contributed by atoms with Crippen LogP contribution in [0.15, 0.2) is 18.2 Å². The van der Waals surface area contributed by atoms with Crippen LogP contribution in [0, 0.1) is 16.3 Å². The predicted molar refractivity (Wildman–Crippen MR) is 88.5 cm³/mol. The Kier molecular flexibility index (Phi) is 4.57. The van der Waals surface area contributed by atoms with Crippen molar-refractivity contribution in [2.24, 2.45) is 0 Å². The van der Waals surface area contributed by atoms with Crippen LogP contribution in [-0.4, -0.2) is 17.0 Å². The lowest BCUT2D eigenvalue weighted by Crippen LogP contribution is -2.06. The second-order valence-corrected chi connectivity index (χ2v) is 6.10. The topological polar surface area (TPSA) is 37.8 Å². The van der Waals surface area contributed by atoms with Crippen molar-refractivity contribution in [1.82, 2.24) is 9.97 Å². The van der Waals surface area contributed by atoms with Crippen LogP contribution in [0.5, 0.6) is 0 Å². The minimum Gasteiger partial charge on any atom is -0.372 e. The molecule has 0 amide bonds. The van der Waals surface area contributed by atoms with Crippen molar-refractivity contribution in [3.05, 3.63) is 38.8 Å². The maximum Gasteiger partial charge on any atom is 0.161 e. The summed E-state index contributed by atoms with van der Waals surface area (Å²) in [5, 5.41) is 3.08. The van der Waals surface area contributed by atoms with E-state index in [9.17, 15) is 4.39 Å². The summed E-state index contributed by atoms with van der Waals surface area (Å²) in [6.45, 7) is 6.04. The van der Waals surface area contributed by atoms with Gasteiger partial charge in [-0.15, -0.1) is 0 Å². The number of hydrogen-bond acceptors (Lipinski definition) is 3. The minimum atomic E-state index is -0.265. The zero-order chi connectivity index (χ0) is 14.9. The summed E-state index contributed by atoms with van der Waals surface area (Å²) >= 11 is 2.24. The molecule has 1 aromatic heterocycles. The van der Waals surface area contributed by atoms with Crippen LogP contribution in [0.2, 0.25) is 0 Å². The Morgan fingerprint density at radius 2 is 1.90 bits per heavy atom. The molecule has 0 fully saturated rings. The van der Waals surface area contributed by atoms with Crippen molar-refractivity contribution < 1.29 is 4.39 Å². The van der Waals surface area contributed by atoms with Gasteiger partial charge in [-0.05, 0) is 59.2 Å². The van der Waals surface area contributed by atoms with Gasteiger partial charge in [0.15, 0.2) is 5.82 Å². The quantitative estimate of drug-likeness (QED) is 0.798. The van der Waals surface area contributed by atoms with Crippen LogP contribution < -0.4 is 5.32 Å². The molecule has 1 N–H and O–H groups in total. The summed E-state index contributed by atoms with van der Waals surface area (Å²) < 4.78 is 14.6. The van der Waals surface area contributed by atoms with Crippen LogP contribution in [0.1, 0.15) is 31.0 Å². The van der Waals surface area contributed by atoms with Crippen LogP contribution in [0.3, 0.4) is 0 Å². The monoisotopic (exact) mass is 385 g/mol. The smallest absolute Gasteiger partial charge is 0.161 e. The molecule has 106 valence electrons. The molecule has 0 bridgehead atoms. The highest BCUT2D eigenvalue weighted by atomic mass is 127. The molecule has 0 unspecified atom stereocenters. The Morgan fingerprint density at radius 1 is 1.20 bits per heavy atom. The van der Waals surface area contributed by atoms with E-state index in [1.165, 1.54) is 12.1 Å². The molecular formula is C15H17FIN3. The molecule has 2 rings (SSSR count). The van der Waals surface area contributed by atoms with Crippen molar-refractivity contribution in [1.29, 1.82) is 0 Å². The van der Waals surface area contributed by atoms with Crippen LogP contribution in [0.25, 0.3) is 11.4 Å². The van der Waals surface area contributed by atoms with Crippen molar-refractivity contribution in [2.75, 3.05) is 12.4 Å². The number of anilines is 1. The van der Waals surface area contributed by atoms with Gasteiger partial charge in [0.05, 0.1) is 9.26 Å². The first-order valence-corrected chi connectivity index (χ1v) is 7.53. The maximum absolute atomic E-state index is 13.6. The molecule has 0 radical (unpaired) electrons. The maximum atomic E-state index is 13.6. The number of hydrogen-bond donors (Lipinski definition) is 1. The molecular weight excluding hydrogens is 368 g/mol. The van der Waals surface area contributed by atoms with Crippen LogP contribution in [0.4, 0.5) is 10.2 Å². The van der Waals surface area contributed by atoms with Crippen molar-refractivity contribution in [3.8, 4) is 11.4 Å². The Hall–Kier alpha value is -1.24. The summed E-state index contributed by atoms with van der Waals surface area (Å²) in [4.78, 5) is 9.10. The third kappa shape index (κ3) is 3.08. The van der Waals surface area contributed by atoms with Crippen molar-refractivity contribution >= 4 is 28.4 Å². The normalized spacial score (nSPS) is 10.9. The average molecular weight is 385 g/mol. The highest BCUT2D eigenvalue weighted by Crippen LogP contribution is 2.28. The standard InChI is InChI=1S/C15H17FIN3/c1-8(2)13-12(17)15(18-4)20-14(19-13)10-5-9(3)6-11(16)7-10/h5-8H,1-4H3,(H,18,19,20). The van der Waals surface area contributed by atoms with E-state index in [2.05, 4.69) is 51.7 Å². The van der Waals surface area contributed by atoms with Crippen molar-refractivity contribution in [3.63, 3.8) is 0 Å². The Morgan fingerprint density at radius 3 is 2.45 bits per heavy atom. The lowest BCUT2D eigenvalue weighted by molar-refractivity contribution is 0.627. The van der Waals surface area contributed by atoms with E-state index >= 15 is 0 Å². The molecule has 0 saturated carbocycles. The summed E-state index contributed by atoms with van der Waals surface area (Å²) in [5.41, 5.74) is 2.54. The first kappa shape index (κ1) is 15.2. The number of aromatic nitrogens is 2. The highest BCUT2D eigenvalue weighted by Gasteiger charge is 2.15. The largest absolute Gasteiger partial charge is 0.372 e. The molecule has 5 heteroatoms. The fourth-order valence-electron chi connectivity index (χ4n) is 2.01. The molecule has 0 saturated heterocycles. The zero-order valence-electron chi connectivity index (χ0n) is 12.0. The van der Waals surface area contributed by atoms with Gasteiger partial charge in [-0.1, -0.05) is 13.8 Å². The molecule has 3 nitrogen and oxygen atoms in total. The summed E-state index contributed by atoms with van der Waals surface area (Å²) in [7, 11) is 1.83. The summed E-state index contributed by atoms with van der Waals surface area (Å²) in [6, 6.07) is 4.87. The van der Waals surface area contributed by atoms with Gasteiger partial charge in [0, 0.05) is 12.6 Å². The molecule has 20 heavy (non-hydrogen) atoms. The summed E-state index contributed by atoms with van der Waals surface area (Å²) in [5.74, 6) is 1.35. The number of nitrogens with one attached hydrogen (secondary N) is 1. The molecule has 1 aromatic carbocycles. The van der Waals surface area contributed by atoms with E-state index < -0.39 is 0 Å². The molecule has 0 aliphatic rings. The third-order valence-corrected chi connectivity index (χ3v) is 4.02. The second-order valence-electron chi connectivity index (χ2n) is 5.02. The number of halogens is 2. The highest BCUT2D eigenvalue weighted by molar-refractivity contribution is 14.1. The molecule has 0 aliphatic heterocycles. The molecule has 1 heterocycles. The van der Waals surface area contributed by atoms with Gasteiger partial charge < -0.3 is 5.32 Å².